The van der Waals surface area contributed by atoms with Crippen LogP contribution in [0.15, 0.2) is 78.9 Å². The average Bonchev–Trinajstić information content (AvgIpc) is 3.64. The molecule has 0 fully saturated rings. The molecule has 0 spiro atoms. The predicted molar refractivity (Wildman–Crippen MR) is 186 cm³/mol. The molecule has 0 aliphatic carbocycles. The maximum atomic E-state index is 5.11. The second-order valence-electron chi connectivity index (χ2n) is 12.9. The number of hydrogen-bond donors (Lipinski definition) is 0. The van der Waals surface area contributed by atoms with E-state index < -0.39 is 0 Å². The number of aromatic nitrogens is 5. The van der Waals surface area contributed by atoms with Crippen molar-refractivity contribution in [1.82, 2.24) is 23.7 Å². The standard InChI is InChI=1S/C40H45N5/c1-26-19-36(41-39(21-26)44-30(5)11-12-31(44)6)17-15-34-23-35(25-38(24-34)43-28(3)9-10-29(43)4)16-18-37-20-27(2)22-40(42-37)45-32(7)13-14-33(45)8/h9-14,19-25H,15-18H2,1-8H3. The number of aryl methyl sites for hydroxylation is 12. The summed E-state index contributed by atoms with van der Waals surface area (Å²) >= 11 is 0. The molecule has 45 heavy (non-hydrogen) atoms. The summed E-state index contributed by atoms with van der Waals surface area (Å²) in [6.45, 7) is 17.3. The maximum absolute atomic E-state index is 5.11. The minimum absolute atomic E-state index is 0.888. The van der Waals surface area contributed by atoms with E-state index in [4.69, 9.17) is 9.97 Å². The van der Waals surface area contributed by atoms with E-state index in [1.54, 1.807) is 0 Å². The van der Waals surface area contributed by atoms with Crippen molar-refractivity contribution in [1.29, 1.82) is 0 Å². The molecule has 5 heteroatoms. The van der Waals surface area contributed by atoms with E-state index in [9.17, 15) is 0 Å². The lowest BCUT2D eigenvalue weighted by atomic mass is 9.99. The van der Waals surface area contributed by atoms with Gasteiger partial charge in [-0.2, -0.15) is 0 Å². The van der Waals surface area contributed by atoms with E-state index in [0.717, 1.165) is 48.7 Å². The summed E-state index contributed by atoms with van der Waals surface area (Å²) < 4.78 is 6.86. The minimum atomic E-state index is 0.888. The number of benzene rings is 1. The molecule has 0 saturated carbocycles. The largest absolute Gasteiger partial charge is 0.319 e. The molecule has 5 heterocycles. The van der Waals surface area contributed by atoms with Gasteiger partial charge in [0, 0.05) is 51.2 Å². The summed E-state index contributed by atoms with van der Waals surface area (Å²) in [5, 5.41) is 0. The van der Waals surface area contributed by atoms with Crippen molar-refractivity contribution in [3.8, 4) is 17.3 Å². The molecule has 5 aromatic heterocycles. The highest BCUT2D eigenvalue weighted by Gasteiger charge is 2.12. The highest BCUT2D eigenvalue weighted by atomic mass is 15.1. The van der Waals surface area contributed by atoms with Gasteiger partial charge in [0.25, 0.3) is 0 Å². The van der Waals surface area contributed by atoms with Crippen molar-refractivity contribution in [2.75, 3.05) is 0 Å². The molecule has 0 aliphatic rings. The Hall–Kier alpha value is -4.64. The normalized spacial score (nSPS) is 11.5. The van der Waals surface area contributed by atoms with Gasteiger partial charge in [0.05, 0.1) is 0 Å². The predicted octanol–water partition coefficient (Wildman–Crippen LogP) is 8.89. The lowest BCUT2D eigenvalue weighted by Crippen LogP contribution is -2.07. The van der Waals surface area contributed by atoms with Crippen LogP contribution in [-0.4, -0.2) is 23.7 Å². The van der Waals surface area contributed by atoms with Gasteiger partial charge in [-0.25, -0.2) is 9.97 Å². The first-order valence-electron chi connectivity index (χ1n) is 16.1. The molecule has 0 aliphatic heterocycles. The highest BCUT2D eigenvalue weighted by Crippen LogP contribution is 2.24. The van der Waals surface area contributed by atoms with E-state index in [2.05, 4.69) is 148 Å². The summed E-state index contributed by atoms with van der Waals surface area (Å²) in [7, 11) is 0. The minimum Gasteiger partial charge on any atom is -0.319 e. The summed E-state index contributed by atoms with van der Waals surface area (Å²) in [6, 6.07) is 29.0. The Labute approximate surface area is 268 Å². The quantitative estimate of drug-likeness (QED) is 0.167. The zero-order chi connectivity index (χ0) is 31.8. The Balaban J connectivity index is 1.29. The fraction of sp³-hybridized carbons (Fsp3) is 0.300. The Morgan fingerprint density at radius 2 is 0.756 bits per heavy atom. The van der Waals surface area contributed by atoms with E-state index in [0.29, 0.717) is 0 Å². The molecule has 0 saturated heterocycles. The number of hydrogen-bond acceptors (Lipinski definition) is 2. The molecule has 6 aromatic rings. The van der Waals surface area contributed by atoms with Crippen LogP contribution in [0, 0.1) is 55.4 Å². The van der Waals surface area contributed by atoms with Crippen LogP contribution in [0.2, 0.25) is 0 Å². The first kappa shape index (κ1) is 30.4. The van der Waals surface area contributed by atoms with Crippen molar-refractivity contribution >= 4 is 0 Å². The molecule has 0 atom stereocenters. The summed E-state index contributed by atoms with van der Waals surface area (Å²) in [5.41, 5.74) is 16.0. The van der Waals surface area contributed by atoms with E-state index in [1.165, 1.54) is 62.1 Å². The lowest BCUT2D eigenvalue weighted by Gasteiger charge is -2.16. The summed E-state index contributed by atoms with van der Waals surface area (Å²) in [4.78, 5) is 10.2. The van der Waals surface area contributed by atoms with Gasteiger partial charge in [-0.3, -0.25) is 0 Å². The first-order chi connectivity index (χ1) is 21.5. The third-order valence-electron chi connectivity index (χ3n) is 8.93. The van der Waals surface area contributed by atoms with Crippen molar-refractivity contribution in [2.24, 2.45) is 0 Å². The average molecular weight is 596 g/mol. The van der Waals surface area contributed by atoms with Crippen LogP contribution in [0.25, 0.3) is 17.3 Å². The third-order valence-corrected chi connectivity index (χ3v) is 8.93. The van der Waals surface area contributed by atoms with Crippen LogP contribution in [0.3, 0.4) is 0 Å². The van der Waals surface area contributed by atoms with Crippen LogP contribution >= 0.6 is 0 Å². The summed E-state index contributed by atoms with van der Waals surface area (Å²) in [5.74, 6) is 2.02. The van der Waals surface area contributed by atoms with Crippen LogP contribution in [0.1, 0.15) is 67.8 Å². The van der Waals surface area contributed by atoms with Crippen LogP contribution < -0.4 is 0 Å². The highest BCUT2D eigenvalue weighted by molar-refractivity contribution is 5.45. The Morgan fingerprint density at radius 3 is 1.13 bits per heavy atom. The van der Waals surface area contributed by atoms with E-state index in [1.807, 2.05) is 0 Å². The Bertz CT molecular complexity index is 1820. The number of nitrogens with zero attached hydrogens (tertiary/aromatic N) is 5. The van der Waals surface area contributed by atoms with Crippen molar-refractivity contribution in [2.45, 2.75) is 81.1 Å². The maximum Gasteiger partial charge on any atom is 0.137 e. The second-order valence-corrected chi connectivity index (χ2v) is 12.9. The molecule has 0 bridgehead atoms. The second kappa shape index (κ2) is 12.4. The monoisotopic (exact) mass is 595 g/mol. The van der Waals surface area contributed by atoms with Crippen LogP contribution in [0.4, 0.5) is 0 Å². The van der Waals surface area contributed by atoms with Gasteiger partial charge in [0.15, 0.2) is 0 Å². The smallest absolute Gasteiger partial charge is 0.137 e. The molecule has 0 radical (unpaired) electrons. The van der Waals surface area contributed by atoms with Gasteiger partial charge < -0.3 is 13.7 Å². The van der Waals surface area contributed by atoms with Gasteiger partial charge >= 0.3 is 0 Å². The van der Waals surface area contributed by atoms with Gasteiger partial charge in [-0.1, -0.05) is 6.07 Å². The first-order valence-corrected chi connectivity index (χ1v) is 16.1. The molecule has 0 unspecified atom stereocenters. The molecule has 0 amide bonds. The van der Waals surface area contributed by atoms with Crippen molar-refractivity contribution in [3.63, 3.8) is 0 Å². The van der Waals surface area contributed by atoms with Crippen LogP contribution in [-0.2, 0) is 25.7 Å². The van der Waals surface area contributed by atoms with Gasteiger partial charge in [0.1, 0.15) is 11.6 Å². The fourth-order valence-corrected chi connectivity index (χ4v) is 6.77. The van der Waals surface area contributed by atoms with Gasteiger partial charge in [-0.05, 0) is 176 Å². The van der Waals surface area contributed by atoms with E-state index >= 15 is 0 Å². The molecule has 6 rings (SSSR count). The van der Waals surface area contributed by atoms with Gasteiger partial charge in [0.2, 0.25) is 0 Å². The zero-order valence-corrected chi connectivity index (χ0v) is 28.1. The van der Waals surface area contributed by atoms with Crippen molar-refractivity contribution < 1.29 is 0 Å². The zero-order valence-electron chi connectivity index (χ0n) is 28.1. The molecule has 230 valence electrons. The summed E-state index contributed by atoms with van der Waals surface area (Å²) in [6.07, 6.45) is 3.63. The third kappa shape index (κ3) is 6.44. The molecule has 5 nitrogen and oxygen atoms in total. The fourth-order valence-electron chi connectivity index (χ4n) is 6.77. The van der Waals surface area contributed by atoms with E-state index in [-0.39, 0.29) is 0 Å². The van der Waals surface area contributed by atoms with Gasteiger partial charge in [-0.15, -0.1) is 0 Å². The molecular formula is C40H45N5. The Kier molecular flexibility index (Phi) is 8.37. The molecule has 0 N–H and O–H groups in total. The molecule has 1 aromatic carbocycles. The molecular weight excluding hydrogens is 550 g/mol. The Morgan fingerprint density at radius 1 is 0.400 bits per heavy atom. The number of pyridine rings is 2. The number of rotatable bonds is 9. The SMILES string of the molecule is Cc1cc(CCc2cc(CCc3cc(C)cc(-n4c(C)ccc4C)n3)cc(-n3c(C)ccc3C)c2)nc(-n2c(C)ccc2C)c1. The van der Waals surface area contributed by atoms with Crippen molar-refractivity contribution in [3.05, 3.63) is 147 Å². The van der Waals surface area contributed by atoms with Crippen LogP contribution in [0.5, 0.6) is 0 Å². The topological polar surface area (TPSA) is 40.6 Å². The lowest BCUT2D eigenvalue weighted by molar-refractivity contribution is 0.847.